The second-order valence-electron chi connectivity index (χ2n) is 4.21. The minimum Gasteiger partial charge on any atom is -0.506 e. The van der Waals surface area contributed by atoms with Crippen LogP contribution in [0.15, 0.2) is 36.4 Å². The van der Waals surface area contributed by atoms with E-state index >= 15 is 0 Å². The largest absolute Gasteiger partial charge is 0.506 e. The van der Waals surface area contributed by atoms with E-state index in [9.17, 15) is 19.8 Å². The number of rotatable bonds is 2. The Bertz CT molecular complexity index is 750. The Kier molecular flexibility index (Phi) is 4.75. The summed E-state index contributed by atoms with van der Waals surface area (Å²) in [6.07, 6.45) is 0. The second-order valence-corrected chi connectivity index (χ2v) is 5.05. The first-order valence-electron chi connectivity index (χ1n) is 5.97. The van der Waals surface area contributed by atoms with Crippen molar-refractivity contribution in [3.63, 3.8) is 0 Å². The van der Waals surface area contributed by atoms with Crippen LogP contribution in [0, 0.1) is 0 Å². The van der Waals surface area contributed by atoms with Gasteiger partial charge in [0.25, 0.3) is 0 Å². The number of nitrogens with one attached hydrogen (secondary N) is 2. The molecule has 0 atom stereocenters. The molecule has 2 aromatic rings. The van der Waals surface area contributed by atoms with E-state index in [-0.39, 0.29) is 27.2 Å². The normalized spacial score (nSPS) is 10.1. The van der Waals surface area contributed by atoms with E-state index < -0.39 is 17.6 Å². The lowest BCUT2D eigenvalue weighted by molar-refractivity contribution is -0.133. The molecule has 0 saturated heterocycles. The number of benzene rings is 2. The molecule has 0 bridgehead atoms. The molecule has 0 aliphatic heterocycles. The molecule has 8 heteroatoms. The summed E-state index contributed by atoms with van der Waals surface area (Å²) in [5.41, 5.74) is -0.0223. The molecule has 6 nitrogen and oxygen atoms in total. The number of phenols is 2. The third kappa shape index (κ3) is 3.60. The maximum Gasteiger partial charge on any atom is 0.314 e. The highest BCUT2D eigenvalue weighted by molar-refractivity contribution is 6.44. The van der Waals surface area contributed by atoms with Crippen molar-refractivity contribution in [1.82, 2.24) is 0 Å². The Hall–Kier alpha value is -2.44. The van der Waals surface area contributed by atoms with Gasteiger partial charge in [0.2, 0.25) is 0 Å². The number of amides is 2. The number of hydrogen-bond donors (Lipinski definition) is 4. The molecule has 2 rings (SSSR count). The van der Waals surface area contributed by atoms with Crippen molar-refractivity contribution in [2.45, 2.75) is 0 Å². The van der Waals surface area contributed by atoms with Crippen molar-refractivity contribution in [1.29, 1.82) is 0 Å². The van der Waals surface area contributed by atoms with E-state index in [0.717, 1.165) is 0 Å². The molecule has 22 heavy (non-hydrogen) atoms. The number of aromatic hydroxyl groups is 2. The van der Waals surface area contributed by atoms with Gasteiger partial charge in [0.15, 0.2) is 5.75 Å². The molecule has 0 aliphatic rings. The zero-order valence-electron chi connectivity index (χ0n) is 10.9. The fourth-order valence-corrected chi connectivity index (χ4v) is 2.09. The highest BCUT2D eigenvalue weighted by Crippen LogP contribution is 2.35. The molecule has 0 fully saturated rings. The van der Waals surface area contributed by atoms with Gasteiger partial charge in [0.1, 0.15) is 5.75 Å². The fraction of sp³-hybridized carbons (Fsp3) is 0. The minimum atomic E-state index is -1.06. The zero-order chi connectivity index (χ0) is 16.3. The lowest BCUT2D eigenvalue weighted by atomic mass is 10.2. The first-order chi connectivity index (χ1) is 10.4. The van der Waals surface area contributed by atoms with Crippen molar-refractivity contribution < 1.29 is 19.8 Å². The van der Waals surface area contributed by atoms with Gasteiger partial charge in [-0.05, 0) is 24.3 Å². The van der Waals surface area contributed by atoms with Crippen LogP contribution in [0.5, 0.6) is 11.5 Å². The van der Waals surface area contributed by atoms with Crippen molar-refractivity contribution in [3.8, 4) is 11.5 Å². The first-order valence-corrected chi connectivity index (χ1v) is 6.72. The Labute approximate surface area is 135 Å². The van der Waals surface area contributed by atoms with Gasteiger partial charge in [-0.15, -0.1) is 0 Å². The van der Waals surface area contributed by atoms with Crippen LogP contribution in [-0.4, -0.2) is 22.0 Å². The highest BCUT2D eigenvalue weighted by atomic mass is 35.5. The molecule has 2 amide bonds. The average Bonchev–Trinajstić information content (AvgIpc) is 2.46. The van der Waals surface area contributed by atoms with Crippen LogP contribution >= 0.6 is 23.2 Å². The number of halogens is 2. The van der Waals surface area contributed by atoms with Gasteiger partial charge in [0, 0.05) is 5.02 Å². The van der Waals surface area contributed by atoms with Crippen LogP contribution in [0.25, 0.3) is 0 Å². The van der Waals surface area contributed by atoms with Crippen LogP contribution in [0.2, 0.25) is 10.0 Å². The van der Waals surface area contributed by atoms with Gasteiger partial charge in [-0.25, -0.2) is 0 Å². The van der Waals surface area contributed by atoms with E-state index in [0.29, 0.717) is 0 Å². The van der Waals surface area contributed by atoms with E-state index in [2.05, 4.69) is 10.6 Å². The fourth-order valence-electron chi connectivity index (χ4n) is 1.60. The van der Waals surface area contributed by atoms with Crippen LogP contribution in [0.4, 0.5) is 11.4 Å². The van der Waals surface area contributed by atoms with Crippen LogP contribution in [-0.2, 0) is 9.59 Å². The van der Waals surface area contributed by atoms with Crippen LogP contribution < -0.4 is 10.6 Å². The molecular weight excluding hydrogens is 331 g/mol. The van der Waals surface area contributed by atoms with Gasteiger partial charge in [-0.3, -0.25) is 9.59 Å². The third-order valence-electron chi connectivity index (χ3n) is 2.63. The number of phenolic OH excluding ortho intramolecular Hbond substituents is 2. The van der Waals surface area contributed by atoms with Gasteiger partial charge in [-0.1, -0.05) is 35.3 Å². The SMILES string of the molecule is O=C(Nc1ccccc1O)C(=O)Nc1cc(Cl)cc(Cl)c1O. The lowest BCUT2D eigenvalue weighted by Gasteiger charge is -2.10. The molecule has 0 unspecified atom stereocenters. The standard InChI is InChI=1S/C14H10Cl2N2O4/c15-7-5-8(16)12(20)10(6-7)18-14(22)13(21)17-9-3-1-2-4-11(9)19/h1-6,19-20H,(H,17,21)(H,18,22). The summed E-state index contributed by atoms with van der Waals surface area (Å²) in [6, 6.07) is 8.46. The Balaban J connectivity index is 2.13. The molecule has 4 N–H and O–H groups in total. The van der Waals surface area contributed by atoms with Crippen molar-refractivity contribution in [2.24, 2.45) is 0 Å². The molecule has 0 saturated carbocycles. The molecular formula is C14H10Cl2N2O4. The number of carbonyl (C=O) groups excluding carboxylic acids is 2. The number of para-hydroxylation sites is 2. The monoisotopic (exact) mass is 340 g/mol. The maximum absolute atomic E-state index is 11.8. The summed E-state index contributed by atoms with van der Waals surface area (Å²) < 4.78 is 0. The molecule has 114 valence electrons. The summed E-state index contributed by atoms with van der Waals surface area (Å²) in [4.78, 5) is 23.6. The first kappa shape index (κ1) is 15.9. The predicted octanol–water partition coefficient (Wildman–Crippen LogP) is 2.98. The maximum atomic E-state index is 11.8. The number of anilines is 2. The molecule has 0 aliphatic carbocycles. The van der Waals surface area contributed by atoms with E-state index in [4.69, 9.17) is 23.2 Å². The summed E-state index contributed by atoms with van der Waals surface area (Å²) >= 11 is 11.5. The molecule has 0 heterocycles. The van der Waals surface area contributed by atoms with Gasteiger partial charge >= 0.3 is 11.8 Å². The van der Waals surface area contributed by atoms with E-state index in [1.165, 1.54) is 24.3 Å². The Morgan fingerprint density at radius 3 is 2.14 bits per heavy atom. The predicted molar refractivity (Wildman–Crippen MR) is 83.5 cm³/mol. The third-order valence-corrected chi connectivity index (χ3v) is 3.14. The quantitative estimate of drug-likeness (QED) is 0.498. The molecule has 0 aromatic heterocycles. The minimum absolute atomic E-state index is 0.0658. The molecule has 0 spiro atoms. The van der Waals surface area contributed by atoms with Crippen molar-refractivity contribution in [3.05, 3.63) is 46.4 Å². The summed E-state index contributed by atoms with van der Waals surface area (Å²) in [7, 11) is 0. The lowest BCUT2D eigenvalue weighted by Crippen LogP contribution is -2.29. The van der Waals surface area contributed by atoms with E-state index in [1.807, 2.05) is 0 Å². The van der Waals surface area contributed by atoms with Crippen LogP contribution in [0.1, 0.15) is 0 Å². The van der Waals surface area contributed by atoms with E-state index in [1.54, 1.807) is 12.1 Å². The van der Waals surface area contributed by atoms with Crippen molar-refractivity contribution >= 4 is 46.4 Å². The summed E-state index contributed by atoms with van der Waals surface area (Å²) in [6.45, 7) is 0. The van der Waals surface area contributed by atoms with Gasteiger partial charge in [0.05, 0.1) is 16.4 Å². The second kappa shape index (κ2) is 6.55. The summed E-state index contributed by atoms with van der Waals surface area (Å²) in [5, 5.41) is 23.8. The van der Waals surface area contributed by atoms with Gasteiger partial charge in [-0.2, -0.15) is 0 Å². The highest BCUT2D eigenvalue weighted by Gasteiger charge is 2.18. The Morgan fingerprint density at radius 2 is 1.50 bits per heavy atom. The molecule has 2 aromatic carbocycles. The van der Waals surface area contributed by atoms with Gasteiger partial charge < -0.3 is 20.8 Å². The Morgan fingerprint density at radius 1 is 0.909 bits per heavy atom. The smallest absolute Gasteiger partial charge is 0.314 e. The molecule has 0 radical (unpaired) electrons. The number of carbonyl (C=O) groups is 2. The van der Waals surface area contributed by atoms with Crippen LogP contribution in [0.3, 0.4) is 0 Å². The van der Waals surface area contributed by atoms with Crippen molar-refractivity contribution in [2.75, 3.05) is 10.6 Å². The topological polar surface area (TPSA) is 98.7 Å². The average molecular weight is 341 g/mol. The number of hydrogen-bond acceptors (Lipinski definition) is 4. The zero-order valence-corrected chi connectivity index (χ0v) is 12.4. The summed E-state index contributed by atoms with van der Waals surface area (Å²) in [5.74, 6) is -2.68.